The van der Waals surface area contributed by atoms with Gasteiger partial charge in [0.25, 0.3) is 0 Å². The number of hydrogen-bond acceptors (Lipinski definition) is 2. The van der Waals surface area contributed by atoms with E-state index in [0.717, 1.165) is 0 Å². The molecule has 0 amide bonds. The zero-order chi connectivity index (χ0) is 11.4. The van der Waals surface area contributed by atoms with Gasteiger partial charge in [0.15, 0.2) is 5.78 Å². The molecule has 0 aliphatic heterocycles. The van der Waals surface area contributed by atoms with Crippen LogP contribution in [0.4, 0.5) is 4.39 Å². The van der Waals surface area contributed by atoms with E-state index in [1.807, 2.05) is 0 Å². The van der Waals surface area contributed by atoms with Crippen LogP contribution >= 0.6 is 27.5 Å². The maximum absolute atomic E-state index is 12.0. The Morgan fingerprint density at radius 3 is 2.87 bits per heavy atom. The zero-order valence-corrected chi connectivity index (χ0v) is 10.3. The molecule has 0 N–H and O–H groups in total. The summed E-state index contributed by atoms with van der Waals surface area (Å²) in [6.45, 7) is 0.725. The van der Waals surface area contributed by atoms with Crippen LogP contribution in [0.5, 0.6) is 5.75 Å². The Morgan fingerprint density at radius 2 is 2.33 bits per heavy atom. The molecule has 1 aromatic rings. The number of hydrogen-bond donors (Lipinski definition) is 0. The van der Waals surface area contributed by atoms with Gasteiger partial charge in [-0.2, -0.15) is 0 Å². The molecule has 0 spiro atoms. The molecule has 5 heteroatoms. The summed E-state index contributed by atoms with van der Waals surface area (Å²) in [4.78, 5) is 11.3. The van der Waals surface area contributed by atoms with Gasteiger partial charge in [0, 0.05) is 5.56 Å². The highest BCUT2D eigenvalue weighted by molar-refractivity contribution is 9.10. The molecule has 1 unspecified atom stereocenters. The van der Waals surface area contributed by atoms with E-state index in [-0.39, 0.29) is 21.4 Å². The molecule has 0 bridgehead atoms. The first-order valence-electron chi connectivity index (χ1n) is 4.23. The first-order valence-corrected chi connectivity index (χ1v) is 5.53. The van der Waals surface area contributed by atoms with Gasteiger partial charge in [0.05, 0.1) is 9.85 Å². The lowest BCUT2D eigenvalue weighted by Crippen LogP contribution is -2.11. The molecule has 1 atom stereocenters. The summed E-state index contributed by atoms with van der Waals surface area (Å²) < 4.78 is 16.6. The van der Waals surface area contributed by atoms with E-state index in [0.29, 0.717) is 5.56 Å². The fraction of sp³-hybridized carbons (Fsp3) is 0.300. The Labute approximate surface area is 101 Å². The molecule has 0 saturated carbocycles. The highest BCUT2D eigenvalue weighted by Gasteiger charge is 2.17. The first kappa shape index (κ1) is 12.5. The molecule has 0 heterocycles. The molecule has 82 valence electrons. The Hall–Kier alpha value is -0.610. The van der Waals surface area contributed by atoms with Crippen molar-refractivity contribution in [3.05, 3.63) is 28.8 Å². The zero-order valence-electron chi connectivity index (χ0n) is 7.97. The average Bonchev–Trinajstić information content (AvgIpc) is 2.20. The fourth-order valence-electron chi connectivity index (χ4n) is 1.09. The molecule has 1 aromatic carbocycles. The second-order valence-electron chi connectivity index (χ2n) is 2.85. The lowest BCUT2D eigenvalue weighted by molar-refractivity contribution is 0.0995. The van der Waals surface area contributed by atoms with Crippen LogP contribution in [0, 0.1) is 0 Å². The van der Waals surface area contributed by atoms with Crippen LogP contribution < -0.4 is 4.74 Å². The lowest BCUT2D eigenvalue weighted by Gasteiger charge is -2.09. The number of carbonyl (C=O) groups is 1. The Kier molecular flexibility index (Phi) is 4.54. The predicted octanol–water partition coefficient (Wildman–Crippen LogP) is 3.61. The topological polar surface area (TPSA) is 26.3 Å². The maximum Gasteiger partial charge on any atom is 0.228 e. The standard InChI is InChI=1S/C10H9BrClFO2/c1-6(11)10(14)7-3-2-4-8(9(7)12)15-5-13/h2-4,6H,5H2,1H3. The molecule has 0 aliphatic carbocycles. The molecule has 0 radical (unpaired) electrons. The summed E-state index contributed by atoms with van der Waals surface area (Å²) in [5.74, 6) is 0.0162. The van der Waals surface area contributed by atoms with Gasteiger partial charge in [0.1, 0.15) is 5.75 Å². The summed E-state index contributed by atoms with van der Waals surface area (Å²) in [5.41, 5.74) is 0.326. The van der Waals surface area contributed by atoms with Gasteiger partial charge < -0.3 is 4.74 Å². The summed E-state index contributed by atoms with van der Waals surface area (Å²) >= 11 is 9.04. The van der Waals surface area contributed by atoms with Crippen LogP contribution in [-0.2, 0) is 0 Å². The normalized spacial score (nSPS) is 12.3. The van der Waals surface area contributed by atoms with Gasteiger partial charge in [-0.05, 0) is 19.1 Å². The van der Waals surface area contributed by atoms with E-state index in [2.05, 4.69) is 20.7 Å². The highest BCUT2D eigenvalue weighted by Crippen LogP contribution is 2.29. The monoisotopic (exact) mass is 294 g/mol. The van der Waals surface area contributed by atoms with E-state index >= 15 is 0 Å². The van der Waals surface area contributed by atoms with Crippen LogP contribution in [0.3, 0.4) is 0 Å². The quantitative estimate of drug-likeness (QED) is 0.626. The van der Waals surface area contributed by atoms with Crippen molar-refractivity contribution in [2.24, 2.45) is 0 Å². The number of halogens is 3. The fourth-order valence-corrected chi connectivity index (χ4v) is 1.61. The SMILES string of the molecule is CC(Br)C(=O)c1cccc(OCF)c1Cl. The summed E-state index contributed by atoms with van der Waals surface area (Å²) in [7, 11) is 0. The minimum Gasteiger partial charge on any atom is -0.461 e. The average molecular weight is 296 g/mol. The first-order chi connectivity index (χ1) is 7.07. The van der Waals surface area contributed by atoms with Crippen molar-refractivity contribution in [2.45, 2.75) is 11.8 Å². The number of ketones is 1. The van der Waals surface area contributed by atoms with Crippen molar-refractivity contribution in [3.63, 3.8) is 0 Å². The smallest absolute Gasteiger partial charge is 0.228 e. The highest BCUT2D eigenvalue weighted by atomic mass is 79.9. The van der Waals surface area contributed by atoms with Crippen molar-refractivity contribution in [3.8, 4) is 5.75 Å². The minimum absolute atomic E-state index is 0.145. The van der Waals surface area contributed by atoms with Crippen LogP contribution in [0.2, 0.25) is 5.02 Å². The van der Waals surface area contributed by atoms with Gasteiger partial charge in [-0.25, -0.2) is 4.39 Å². The summed E-state index contributed by atoms with van der Waals surface area (Å²) in [6.07, 6.45) is 0. The van der Waals surface area contributed by atoms with Gasteiger partial charge in [0.2, 0.25) is 6.86 Å². The Balaban J connectivity index is 3.09. The second kappa shape index (κ2) is 5.47. The molecular weight excluding hydrogens is 286 g/mol. The van der Waals surface area contributed by atoms with E-state index < -0.39 is 6.86 Å². The van der Waals surface area contributed by atoms with Crippen molar-refractivity contribution >= 4 is 33.3 Å². The molecule has 0 aliphatic rings. The summed E-state index contributed by atoms with van der Waals surface area (Å²) in [6, 6.07) is 4.69. The predicted molar refractivity (Wildman–Crippen MR) is 60.8 cm³/mol. The third kappa shape index (κ3) is 2.92. The number of rotatable bonds is 4. The van der Waals surface area contributed by atoms with E-state index in [9.17, 15) is 9.18 Å². The molecule has 0 saturated heterocycles. The van der Waals surface area contributed by atoms with Gasteiger partial charge in [-0.1, -0.05) is 33.6 Å². The Morgan fingerprint density at radius 1 is 1.67 bits per heavy atom. The van der Waals surface area contributed by atoms with Crippen LogP contribution in [-0.4, -0.2) is 17.5 Å². The lowest BCUT2D eigenvalue weighted by atomic mass is 10.1. The van der Waals surface area contributed by atoms with E-state index in [1.165, 1.54) is 6.07 Å². The van der Waals surface area contributed by atoms with Crippen molar-refractivity contribution < 1.29 is 13.9 Å². The second-order valence-corrected chi connectivity index (χ2v) is 4.60. The number of alkyl halides is 2. The molecule has 15 heavy (non-hydrogen) atoms. The largest absolute Gasteiger partial charge is 0.461 e. The third-order valence-corrected chi connectivity index (χ3v) is 2.61. The van der Waals surface area contributed by atoms with Gasteiger partial charge in [-0.15, -0.1) is 0 Å². The molecule has 2 nitrogen and oxygen atoms in total. The molecular formula is C10H9BrClFO2. The van der Waals surface area contributed by atoms with Crippen molar-refractivity contribution in [1.82, 2.24) is 0 Å². The number of carbonyl (C=O) groups excluding carboxylic acids is 1. The number of ether oxygens (including phenoxy) is 1. The van der Waals surface area contributed by atoms with Crippen LogP contribution in [0.15, 0.2) is 18.2 Å². The van der Waals surface area contributed by atoms with Gasteiger partial charge >= 0.3 is 0 Å². The minimum atomic E-state index is -0.971. The summed E-state index contributed by atoms with van der Waals surface area (Å²) in [5, 5.41) is 0.145. The van der Waals surface area contributed by atoms with Crippen LogP contribution in [0.25, 0.3) is 0 Å². The number of Topliss-reactive ketones (excluding diaryl/α,β-unsaturated/α-hetero) is 1. The van der Waals surface area contributed by atoms with Gasteiger partial charge in [-0.3, -0.25) is 4.79 Å². The molecule has 1 rings (SSSR count). The Bertz CT molecular complexity index is 368. The van der Waals surface area contributed by atoms with Crippen molar-refractivity contribution in [2.75, 3.05) is 6.86 Å². The van der Waals surface area contributed by atoms with E-state index in [1.54, 1.807) is 19.1 Å². The molecule has 0 aromatic heterocycles. The third-order valence-electron chi connectivity index (χ3n) is 1.80. The molecule has 0 fully saturated rings. The maximum atomic E-state index is 12.0. The van der Waals surface area contributed by atoms with E-state index in [4.69, 9.17) is 11.6 Å². The number of benzene rings is 1. The van der Waals surface area contributed by atoms with Crippen molar-refractivity contribution in [1.29, 1.82) is 0 Å². The van der Waals surface area contributed by atoms with Crippen LogP contribution in [0.1, 0.15) is 17.3 Å².